The zero-order valence-electron chi connectivity index (χ0n) is 16.3. The SMILES string of the molecule is CC.CCCCN(C=Nc1nc2[nH]c(=O)ccc2cc1C)CCCC. The van der Waals surface area contributed by atoms with Crippen molar-refractivity contribution < 1.29 is 0 Å². The normalized spacial score (nSPS) is 10.8. The molecule has 2 rings (SSSR count). The van der Waals surface area contributed by atoms with Gasteiger partial charge < -0.3 is 9.88 Å². The van der Waals surface area contributed by atoms with Crippen LogP contribution in [0.15, 0.2) is 28.0 Å². The highest BCUT2D eigenvalue weighted by molar-refractivity contribution is 5.78. The number of aryl methyl sites for hydroxylation is 1. The third-order valence-electron chi connectivity index (χ3n) is 3.81. The number of aromatic amines is 1. The number of H-pyrrole nitrogens is 1. The molecular formula is C20H32N4O. The third kappa shape index (κ3) is 6.69. The lowest BCUT2D eigenvalue weighted by Crippen LogP contribution is -2.24. The molecule has 2 aromatic heterocycles. The Morgan fingerprint density at radius 1 is 1.16 bits per heavy atom. The average Bonchev–Trinajstić information content (AvgIpc) is 2.63. The number of fused-ring (bicyclic) bond motifs is 1. The molecule has 0 saturated heterocycles. The van der Waals surface area contributed by atoms with Gasteiger partial charge in [0.1, 0.15) is 5.65 Å². The number of unbranched alkanes of at least 4 members (excludes halogenated alkanes) is 2. The van der Waals surface area contributed by atoms with E-state index in [1.807, 2.05) is 33.2 Å². The summed E-state index contributed by atoms with van der Waals surface area (Å²) in [6.45, 7) is 12.4. The highest BCUT2D eigenvalue weighted by Gasteiger charge is 2.04. The van der Waals surface area contributed by atoms with Crippen LogP contribution in [0.1, 0.15) is 58.9 Å². The van der Waals surface area contributed by atoms with Crippen LogP contribution in [0.4, 0.5) is 5.82 Å². The second-order valence-electron chi connectivity index (χ2n) is 5.88. The summed E-state index contributed by atoms with van der Waals surface area (Å²) in [7, 11) is 0. The Kier molecular flexibility index (Phi) is 9.51. The molecule has 0 radical (unpaired) electrons. The first kappa shape index (κ1) is 20.9. The Bertz CT molecular complexity index is 713. The van der Waals surface area contributed by atoms with E-state index in [0.29, 0.717) is 11.5 Å². The quantitative estimate of drug-likeness (QED) is 0.551. The first-order valence-electron chi connectivity index (χ1n) is 9.43. The number of nitrogens with one attached hydrogen (secondary N) is 1. The molecule has 0 unspecified atom stereocenters. The van der Waals surface area contributed by atoms with Crippen molar-refractivity contribution in [2.45, 2.75) is 60.3 Å². The molecule has 0 aliphatic rings. The molecule has 0 aromatic carbocycles. The second-order valence-corrected chi connectivity index (χ2v) is 5.88. The fourth-order valence-corrected chi connectivity index (χ4v) is 2.39. The number of pyridine rings is 2. The van der Waals surface area contributed by atoms with Gasteiger partial charge in [0.25, 0.3) is 0 Å². The minimum absolute atomic E-state index is 0.142. The van der Waals surface area contributed by atoms with E-state index in [1.165, 1.54) is 18.9 Å². The number of rotatable bonds is 8. The van der Waals surface area contributed by atoms with Gasteiger partial charge in [-0.2, -0.15) is 0 Å². The highest BCUT2D eigenvalue weighted by atomic mass is 16.1. The molecule has 0 aliphatic carbocycles. The smallest absolute Gasteiger partial charge is 0.249 e. The van der Waals surface area contributed by atoms with E-state index in [-0.39, 0.29) is 5.56 Å². The fraction of sp³-hybridized carbons (Fsp3) is 0.550. The molecule has 138 valence electrons. The van der Waals surface area contributed by atoms with Crippen molar-refractivity contribution in [2.75, 3.05) is 13.1 Å². The lowest BCUT2D eigenvalue weighted by atomic mass is 10.2. The van der Waals surface area contributed by atoms with Crippen LogP contribution in [-0.4, -0.2) is 34.3 Å². The second kappa shape index (κ2) is 11.4. The molecule has 0 fully saturated rings. The minimum atomic E-state index is -0.142. The van der Waals surface area contributed by atoms with Crippen LogP contribution < -0.4 is 5.56 Å². The number of hydrogen-bond acceptors (Lipinski definition) is 3. The zero-order valence-corrected chi connectivity index (χ0v) is 16.3. The summed E-state index contributed by atoms with van der Waals surface area (Å²) in [5.74, 6) is 0.664. The molecule has 0 bridgehead atoms. The van der Waals surface area contributed by atoms with Gasteiger partial charge >= 0.3 is 0 Å². The molecule has 0 aliphatic heterocycles. The first-order valence-corrected chi connectivity index (χ1v) is 9.43. The van der Waals surface area contributed by atoms with E-state index in [9.17, 15) is 4.79 Å². The van der Waals surface area contributed by atoms with Crippen LogP contribution in [0.3, 0.4) is 0 Å². The topological polar surface area (TPSA) is 61.4 Å². The number of hydrogen-bond donors (Lipinski definition) is 1. The van der Waals surface area contributed by atoms with Crippen LogP contribution in [0, 0.1) is 6.92 Å². The van der Waals surface area contributed by atoms with Gasteiger partial charge in [0, 0.05) is 24.5 Å². The van der Waals surface area contributed by atoms with E-state index in [2.05, 4.69) is 33.7 Å². The summed E-state index contributed by atoms with van der Waals surface area (Å²) in [4.78, 5) is 25.5. The van der Waals surface area contributed by atoms with Crippen molar-refractivity contribution >= 4 is 23.2 Å². The van der Waals surface area contributed by atoms with E-state index in [0.717, 1.165) is 36.9 Å². The Morgan fingerprint density at radius 3 is 2.40 bits per heavy atom. The molecule has 2 aromatic rings. The maximum atomic E-state index is 11.4. The average molecular weight is 345 g/mol. The lowest BCUT2D eigenvalue weighted by Gasteiger charge is -2.18. The van der Waals surface area contributed by atoms with Gasteiger partial charge in [0.15, 0.2) is 5.82 Å². The number of aromatic nitrogens is 2. The van der Waals surface area contributed by atoms with Gasteiger partial charge in [-0.1, -0.05) is 40.5 Å². The van der Waals surface area contributed by atoms with Gasteiger partial charge in [-0.15, -0.1) is 0 Å². The van der Waals surface area contributed by atoms with Gasteiger partial charge in [0.2, 0.25) is 5.56 Å². The summed E-state index contributed by atoms with van der Waals surface area (Å²) in [6, 6.07) is 5.31. The Morgan fingerprint density at radius 2 is 1.80 bits per heavy atom. The summed E-state index contributed by atoms with van der Waals surface area (Å²) in [6.07, 6.45) is 6.56. The summed E-state index contributed by atoms with van der Waals surface area (Å²) in [5.41, 5.74) is 1.45. The van der Waals surface area contributed by atoms with Crippen molar-refractivity contribution in [1.82, 2.24) is 14.9 Å². The highest BCUT2D eigenvalue weighted by Crippen LogP contribution is 2.19. The van der Waals surface area contributed by atoms with E-state index in [1.54, 1.807) is 6.07 Å². The Labute approximate surface area is 151 Å². The Hall–Kier alpha value is -2.17. The predicted octanol–water partition coefficient (Wildman–Crippen LogP) is 4.82. The van der Waals surface area contributed by atoms with E-state index >= 15 is 0 Å². The monoisotopic (exact) mass is 344 g/mol. The molecule has 2 heterocycles. The molecular weight excluding hydrogens is 312 g/mol. The fourth-order valence-electron chi connectivity index (χ4n) is 2.39. The van der Waals surface area contributed by atoms with Gasteiger partial charge in [-0.25, -0.2) is 9.98 Å². The van der Waals surface area contributed by atoms with Gasteiger partial charge in [0.05, 0.1) is 6.34 Å². The summed E-state index contributed by atoms with van der Waals surface area (Å²) >= 11 is 0. The molecule has 5 heteroatoms. The van der Waals surface area contributed by atoms with E-state index < -0.39 is 0 Å². The summed E-state index contributed by atoms with van der Waals surface area (Å²) < 4.78 is 0. The first-order chi connectivity index (χ1) is 12.1. The Balaban J connectivity index is 0.00000151. The molecule has 0 atom stereocenters. The van der Waals surface area contributed by atoms with E-state index in [4.69, 9.17) is 0 Å². The molecule has 0 amide bonds. The lowest BCUT2D eigenvalue weighted by molar-refractivity contribution is 0.409. The molecule has 25 heavy (non-hydrogen) atoms. The van der Waals surface area contributed by atoms with Crippen LogP contribution in [0.25, 0.3) is 11.0 Å². The number of nitrogens with zero attached hydrogens (tertiary/aromatic N) is 3. The van der Waals surface area contributed by atoms with Crippen molar-refractivity contribution in [3.63, 3.8) is 0 Å². The third-order valence-corrected chi connectivity index (χ3v) is 3.81. The largest absolute Gasteiger partial charge is 0.363 e. The molecule has 1 N–H and O–H groups in total. The van der Waals surface area contributed by atoms with Crippen molar-refractivity contribution in [2.24, 2.45) is 4.99 Å². The van der Waals surface area contributed by atoms with Crippen molar-refractivity contribution in [3.8, 4) is 0 Å². The van der Waals surface area contributed by atoms with Crippen LogP contribution in [-0.2, 0) is 0 Å². The van der Waals surface area contributed by atoms with Crippen LogP contribution in [0.5, 0.6) is 0 Å². The molecule has 5 nitrogen and oxygen atoms in total. The van der Waals surface area contributed by atoms with Gasteiger partial charge in [-0.05, 0) is 37.5 Å². The van der Waals surface area contributed by atoms with Crippen LogP contribution >= 0.6 is 0 Å². The minimum Gasteiger partial charge on any atom is -0.363 e. The predicted molar refractivity (Wildman–Crippen MR) is 108 cm³/mol. The van der Waals surface area contributed by atoms with Gasteiger partial charge in [-0.3, -0.25) is 4.79 Å². The number of aliphatic imine (C=N–C) groups is 1. The maximum absolute atomic E-state index is 11.4. The van der Waals surface area contributed by atoms with Crippen molar-refractivity contribution in [1.29, 1.82) is 0 Å². The maximum Gasteiger partial charge on any atom is 0.249 e. The van der Waals surface area contributed by atoms with Crippen LogP contribution in [0.2, 0.25) is 0 Å². The standard InChI is InChI=1S/C18H26N4O.C2H6/c1-4-6-10-22(11-7-5-2)13-19-17-14(3)12-15-8-9-16(23)20-18(15)21-17;1-2/h8-9,12-13H,4-7,10-11H2,1-3H3,(H,20,21,23);1-2H3. The molecule has 0 saturated carbocycles. The summed E-state index contributed by atoms with van der Waals surface area (Å²) in [5, 5.41) is 0.926. The zero-order chi connectivity index (χ0) is 18.7. The van der Waals surface area contributed by atoms with Crippen molar-refractivity contribution in [3.05, 3.63) is 34.1 Å². The molecule has 0 spiro atoms.